The van der Waals surface area contributed by atoms with E-state index in [1.54, 1.807) is 18.5 Å². The van der Waals surface area contributed by atoms with E-state index in [0.29, 0.717) is 27.0 Å². The van der Waals surface area contributed by atoms with Crippen molar-refractivity contribution in [2.75, 3.05) is 5.73 Å². The Balaban J connectivity index is 1.98. The minimum atomic E-state index is -0.307. The van der Waals surface area contributed by atoms with Crippen LogP contribution in [0.25, 0.3) is 27.7 Å². The summed E-state index contributed by atoms with van der Waals surface area (Å²) in [6, 6.07) is 6.33. The zero-order valence-electron chi connectivity index (χ0n) is 12.4. The van der Waals surface area contributed by atoms with Gasteiger partial charge in [-0.05, 0) is 40.2 Å². The quantitative estimate of drug-likeness (QED) is 0.552. The lowest BCUT2D eigenvalue weighted by Crippen LogP contribution is -2.08. The van der Waals surface area contributed by atoms with E-state index in [2.05, 4.69) is 31.0 Å². The first-order valence-electron chi connectivity index (χ1n) is 7.16. The number of aromatic nitrogens is 4. The fourth-order valence-electron chi connectivity index (χ4n) is 2.63. The molecule has 4 rings (SSSR count). The van der Waals surface area contributed by atoms with Gasteiger partial charge in [0.05, 0.1) is 21.9 Å². The van der Waals surface area contributed by atoms with Crippen molar-refractivity contribution in [1.82, 2.24) is 19.6 Å². The number of pyridine rings is 1. The topological polar surface area (TPSA) is 95.1 Å². The van der Waals surface area contributed by atoms with E-state index in [0.717, 1.165) is 16.6 Å². The molecule has 120 valence electrons. The van der Waals surface area contributed by atoms with Gasteiger partial charge in [0, 0.05) is 29.3 Å². The highest BCUT2D eigenvalue weighted by Gasteiger charge is 2.16. The summed E-state index contributed by atoms with van der Waals surface area (Å²) in [5.41, 5.74) is 15.3. The van der Waals surface area contributed by atoms with Crippen LogP contribution in [0.4, 0.5) is 10.2 Å². The van der Waals surface area contributed by atoms with Crippen molar-refractivity contribution < 1.29 is 4.39 Å². The highest BCUT2D eigenvalue weighted by molar-refractivity contribution is 9.10. The molecule has 0 bridgehead atoms. The summed E-state index contributed by atoms with van der Waals surface area (Å²) in [5, 5.41) is 4.99. The third-order valence-corrected chi connectivity index (χ3v) is 4.70. The van der Waals surface area contributed by atoms with Crippen LogP contribution in [0, 0.1) is 5.82 Å². The van der Waals surface area contributed by atoms with Crippen molar-refractivity contribution >= 4 is 38.3 Å². The van der Waals surface area contributed by atoms with Gasteiger partial charge >= 0.3 is 0 Å². The van der Waals surface area contributed by atoms with Gasteiger partial charge in [0.2, 0.25) is 0 Å². The van der Waals surface area contributed by atoms with Crippen molar-refractivity contribution in [3.63, 3.8) is 0 Å². The fourth-order valence-corrected chi connectivity index (χ4v) is 3.05. The summed E-state index contributed by atoms with van der Waals surface area (Å²) in [5.74, 6) is 0.115. The average molecular weight is 387 g/mol. The Morgan fingerprint density at radius 3 is 2.83 bits per heavy atom. The maximum absolute atomic E-state index is 13.5. The first kappa shape index (κ1) is 15.0. The summed E-state index contributed by atoms with van der Waals surface area (Å²) in [6.45, 7) is 0.243. The smallest absolute Gasteiger partial charge is 0.165 e. The van der Waals surface area contributed by atoms with Gasteiger partial charge in [-0.15, -0.1) is 0 Å². The summed E-state index contributed by atoms with van der Waals surface area (Å²) in [4.78, 5) is 8.91. The normalized spacial score (nSPS) is 11.5. The number of rotatable bonds is 2. The molecule has 24 heavy (non-hydrogen) atoms. The molecule has 4 N–H and O–H groups in total. The Labute approximate surface area is 144 Å². The SMILES string of the molecule is NCc1nc2c(-c3cnc4ccc(F)cc4c3)cnn2c(N)c1Br. The Hall–Kier alpha value is -2.58. The lowest BCUT2D eigenvalue weighted by atomic mass is 10.1. The highest BCUT2D eigenvalue weighted by Crippen LogP contribution is 2.30. The Kier molecular flexibility index (Phi) is 3.43. The second-order valence-electron chi connectivity index (χ2n) is 5.32. The van der Waals surface area contributed by atoms with Gasteiger partial charge in [0.25, 0.3) is 0 Å². The molecule has 3 heterocycles. The third-order valence-electron chi connectivity index (χ3n) is 3.84. The zero-order chi connectivity index (χ0) is 16.8. The predicted octanol–water partition coefficient (Wildman–Crippen LogP) is 2.89. The standard InChI is InChI=1S/C16H12BrFN6/c17-14-13(5-19)23-16-11(7-22-24(16)15(14)20)9-3-8-4-10(18)1-2-12(8)21-6-9/h1-4,6-7H,5,19-20H2. The molecule has 0 amide bonds. The van der Waals surface area contributed by atoms with Gasteiger partial charge in [-0.3, -0.25) is 4.98 Å². The van der Waals surface area contributed by atoms with E-state index in [1.165, 1.54) is 16.6 Å². The van der Waals surface area contributed by atoms with Crippen molar-refractivity contribution in [1.29, 1.82) is 0 Å². The number of nitrogen functional groups attached to an aromatic ring is 1. The van der Waals surface area contributed by atoms with Gasteiger partial charge < -0.3 is 11.5 Å². The van der Waals surface area contributed by atoms with Crippen molar-refractivity contribution in [3.05, 3.63) is 52.6 Å². The molecule has 0 aliphatic heterocycles. The van der Waals surface area contributed by atoms with Crippen LogP contribution >= 0.6 is 15.9 Å². The summed E-state index contributed by atoms with van der Waals surface area (Å²) in [7, 11) is 0. The Morgan fingerprint density at radius 1 is 1.21 bits per heavy atom. The maximum Gasteiger partial charge on any atom is 0.165 e. The van der Waals surface area contributed by atoms with E-state index in [1.807, 2.05) is 6.07 Å². The highest BCUT2D eigenvalue weighted by atomic mass is 79.9. The summed E-state index contributed by atoms with van der Waals surface area (Å²) >= 11 is 3.39. The zero-order valence-corrected chi connectivity index (χ0v) is 14.0. The van der Waals surface area contributed by atoms with Gasteiger partial charge in [0.15, 0.2) is 5.65 Å². The molecule has 0 atom stereocenters. The Morgan fingerprint density at radius 2 is 2.04 bits per heavy atom. The van der Waals surface area contributed by atoms with Crippen LogP contribution < -0.4 is 11.5 Å². The molecule has 0 fully saturated rings. The fraction of sp³-hybridized carbons (Fsp3) is 0.0625. The number of fused-ring (bicyclic) bond motifs is 2. The molecule has 0 saturated heterocycles. The van der Waals surface area contributed by atoms with Crippen LogP contribution in [0.5, 0.6) is 0 Å². The van der Waals surface area contributed by atoms with E-state index >= 15 is 0 Å². The van der Waals surface area contributed by atoms with E-state index in [9.17, 15) is 4.39 Å². The van der Waals surface area contributed by atoms with Gasteiger partial charge in [-0.2, -0.15) is 9.61 Å². The number of hydrogen-bond donors (Lipinski definition) is 2. The summed E-state index contributed by atoms with van der Waals surface area (Å²) in [6.07, 6.45) is 3.37. The van der Waals surface area contributed by atoms with E-state index in [4.69, 9.17) is 11.5 Å². The molecule has 6 nitrogen and oxygen atoms in total. The molecular formula is C16H12BrFN6. The van der Waals surface area contributed by atoms with Crippen LogP contribution in [0.1, 0.15) is 5.69 Å². The monoisotopic (exact) mass is 386 g/mol. The van der Waals surface area contributed by atoms with Gasteiger partial charge in [-0.1, -0.05) is 0 Å². The molecule has 4 aromatic rings. The molecule has 0 saturated carbocycles. The van der Waals surface area contributed by atoms with E-state index in [-0.39, 0.29) is 12.4 Å². The predicted molar refractivity (Wildman–Crippen MR) is 93.7 cm³/mol. The molecule has 0 spiro atoms. The minimum Gasteiger partial charge on any atom is -0.383 e. The first-order chi connectivity index (χ1) is 11.6. The lowest BCUT2D eigenvalue weighted by molar-refractivity contribution is 0.629. The van der Waals surface area contributed by atoms with E-state index < -0.39 is 0 Å². The van der Waals surface area contributed by atoms with Crippen LogP contribution in [0.15, 0.2) is 41.1 Å². The second-order valence-corrected chi connectivity index (χ2v) is 6.11. The first-order valence-corrected chi connectivity index (χ1v) is 7.95. The van der Waals surface area contributed by atoms with Crippen LogP contribution in [-0.2, 0) is 6.54 Å². The molecular weight excluding hydrogens is 375 g/mol. The van der Waals surface area contributed by atoms with Gasteiger partial charge in [-0.25, -0.2) is 9.37 Å². The van der Waals surface area contributed by atoms with Crippen molar-refractivity contribution in [2.24, 2.45) is 5.73 Å². The number of anilines is 1. The Bertz CT molecular complexity index is 1090. The number of nitrogens with two attached hydrogens (primary N) is 2. The third kappa shape index (κ3) is 2.22. The molecule has 0 radical (unpaired) electrons. The van der Waals surface area contributed by atoms with Crippen LogP contribution in [-0.4, -0.2) is 19.6 Å². The number of halogens is 2. The number of hydrogen-bond acceptors (Lipinski definition) is 5. The number of nitrogens with zero attached hydrogens (tertiary/aromatic N) is 4. The maximum atomic E-state index is 13.5. The average Bonchev–Trinajstić information content (AvgIpc) is 3.01. The van der Waals surface area contributed by atoms with Crippen molar-refractivity contribution in [3.8, 4) is 11.1 Å². The molecule has 0 aliphatic carbocycles. The molecule has 0 unspecified atom stereocenters. The van der Waals surface area contributed by atoms with Crippen molar-refractivity contribution in [2.45, 2.75) is 6.54 Å². The van der Waals surface area contributed by atoms with Crippen LogP contribution in [0.3, 0.4) is 0 Å². The minimum absolute atomic E-state index is 0.243. The number of benzene rings is 1. The van der Waals surface area contributed by atoms with Crippen LogP contribution in [0.2, 0.25) is 0 Å². The lowest BCUT2D eigenvalue weighted by Gasteiger charge is -2.08. The largest absolute Gasteiger partial charge is 0.383 e. The molecule has 8 heteroatoms. The van der Waals surface area contributed by atoms with Gasteiger partial charge in [0.1, 0.15) is 11.6 Å². The molecule has 3 aromatic heterocycles. The second kappa shape index (κ2) is 5.50. The molecule has 0 aliphatic rings. The summed E-state index contributed by atoms with van der Waals surface area (Å²) < 4.78 is 15.6. The molecule has 1 aromatic carbocycles.